The van der Waals surface area contributed by atoms with Gasteiger partial charge in [0.05, 0.1) is 5.56 Å². The maximum atomic E-state index is 12.4. The second kappa shape index (κ2) is 5.36. The van der Waals surface area contributed by atoms with Crippen molar-refractivity contribution in [3.63, 3.8) is 0 Å². The van der Waals surface area contributed by atoms with Gasteiger partial charge in [-0.15, -0.1) is 0 Å². The summed E-state index contributed by atoms with van der Waals surface area (Å²) in [5.74, 6) is 0.458. The lowest BCUT2D eigenvalue weighted by Gasteiger charge is -2.34. The van der Waals surface area contributed by atoms with Gasteiger partial charge in [-0.1, -0.05) is 12.2 Å². The van der Waals surface area contributed by atoms with E-state index < -0.39 is 0 Å². The first kappa shape index (κ1) is 13.3. The van der Waals surface area contributed by atoms with E-state index in [1.807, 2.05) is 4.90 Å². The van der Waals surface area contributed by atoms with Gasteiger partial charge in [-0.05, 0) is 25.0 Å². The number of pyridine rings is 1. The molecule has 2 aliphatic rings. The number of H-pyrrole nitrogens is 1. The third kappa shape index (κ3) is 2.60. The van der Waals surface area contributed by atoms with Gasteiger partial charge in [0, 0.05) is 38.3 Å². The van der Waals surface area contributed by atoms with Crippen LogP contribution in [-0.4, -0.2) is 52.8 Å². The quantitative estimate of drug-likeness (QED) is 0.839. The summed E-state index contributed by atoms with van der Waals surface area (Å²) < 4.78 is 0.467. The Kier molecular flexibility index (Phi) is 3.56. The zero-order chi connectivity index (χ0) is 14.1. The van der Waals surface area contributed by atoms with Gasteiger partial charge in [0.15, 0.2) is 0 Å². The molecule has 2 amide bonds. The summed E-state index contributed by atoms with van der Waals surface area (Å²) in [6.45, 7) is 2.43. The summed E-state index contributed by atoms with van der Waals surface area (Å²) >= 11 is 5.14. The normalized spacial score (nSPS) is 19.0. The van der Waals surface area contributed by atoms with Crippen molar-refractivity contribution >= 4 is 24.0 Å². The molecular weight excluding hydrogens is 274 g/mol. The highest BCUT2D eigenvalue weighted by Crippen LogP contribution is 2.31. The number of aromatic amines is 1. The number of hydrogen-bond donors (Lipinski definition) is 1. The molecule has 0 radical (unpaired) electrons. The highest BCUT2D eigenvalue weighted by Gasteiger charge is 2.35. The van der Waals surface area contributed by atoms with E-state index in [9.17, 15) is 9.59 Å². The maximum Gasteiger partial charge on any atom is 0.256 e. The van der Waals surface area contributed by atoms with Gasteiger partial charge >= 0.3 is 0 Å². The summed E-state index contributed by atoms with van der Waals surface area (Å²) in [6.07, 6.45) is 3.76. The van der Waals surface area contributed by atoms with Crippen LogP contribution in [0.1, 0.15) is 23.2 Å². The van der Waals surface area contributed by atoms with Crippen LogP contribution in [0, 0.1) is 10.6 Å². The summed E-state index contributed by atoms with van der Waals surface area (Å²) in [4.78, 5) is 30.9. The second-order valence-corrected chi connectivity index (χ2v) is 5.71. The molecule has 1 aromatic rings. The molecule has 1 aliphatic heterocycles. The smallest absolute Gasteiger partial charge is 0.256 e. The molecule has 0 unspecified atom stereocenters. The monoisotopic (exact) mass is 291 g/mol. The van der Waals surface area contributed by atoms with E-state index in [2.05, 4.69) is 4.98 Å². The van der Waals surface area contributed by atoms with Gasteiger partial charge in [0.2, 0.25) is 5.91 Å². The first-order chi connectivity index (χ1) is 9.66. The third-order valence-corrected chi connectivity index (χ3v) is 4.19. The molecule has 2 fully saturated rings. The number of hydrogen-bond acceptors (Lipinski definition) is 3. The van der Waals surface area contributed by atoms with Gasteiger partial charge in [-0.3, -0.25) is 9.59 Å². The Hall–Kier alpha value is -1.69. The first-order valence-corrected chi connectivity index (χ1v) is 7.33. The highest BCUT2D eigenvalue weighted by atomic mass is 32.1. The van der Waals surface area contributed by atoms with Crippen LogP contribution < -0.4 is 0 Å². The van der Waals surface area contributed by atoms with Crippen LogP contribution in [0.5, 0.6) is 0 Å². The SMILES string of the molecule is O=C(c1ccc[nH]c1=S)N1CCN(C(=O)C2CC2)CC1. The van der Waals surface area contributed by atoms with E-state index in [-0.39, 0.29) is 17.7 Å². The van der Waals surface area contributed by atoms with Crippen molar-refractivity contribution in [1.82, 2.24) is 14.8 Å². The second-order valence-electron chi connectivity index (χ2n) is 5.30. The van der Waals surface area contributed by atoms with Gasteiger partial charge in [0.1, 0.15) is 4.64 Å². The molecule has 3 rings (SSSR count). The van der Waals surface area contributed by atoms with Crippen LogP contribution in [0.3, 0.4) is 0 Å². The van der Waals surface area contributed by atoms with Crippen LogP contribution in [-0.2, 0) is 4.79 Å². The van der Waals surface area contributed by atoms with E-state index in [0.717, 1.165) is 12.8 Å². The minimum Gasteiger partial charge on any atom is -0.352 e. The van der Waals surface area contributed by atoms with Crippen LogP contribution in [0.4, 0.5) is 0 Å². The zero-order valence-corrected chi connectivity index (χ0v) is 12.0. The molecule has 20 heavy (non-hydrogen) atoms. The molecule has 0 aromatic carbocycles. The van der Waals surface area contributed by atoms with E-state index in [1.165, 1.54) is 0 Å². The van der Waals surface area contributed by atoms with Crippen molar-refractivity contribution in [3.8, 4) is 0 Å². The fraction of sp³-hybridized carbons (Fsp3) is 0.500. The minimum atomic E-state index is -0.0506. The molecule has 6 heteroatoms. The van der Waals surface area contributed by atoms with E-state index in [1.54, 1.807) is 23.2 Å². The Morgan fingerprint density at radius 1 is 1.15 bits per heavy atom. The lowest BCUT2D eigenvalue weighted by Crippen LogP contribution is -2.51. The number of piperazine rings is 1. The standard InChI is InChI=1S/C14H17N3O2S/c18-13(10-3-4-10)16-6-8-17(9-7-16)14(19)11-2-1-5-15-12(11)20/h1-2,5,10H,3-4,6-9H2,(H,15,20). The molecule has 0 spiro atoms. The molecule has 1 N–H and O–H groups in total. The summed E-state index contributed by atoms with van der Waals surface area (Å²) in [7, 11) is 0. The predicted octanol–water partition coefficient (Wildman–Crippen LogP) is 1.44. The Balaban J connectivity index is 1.63. The van der Waals surface area contributed by atoms with E-state index in [0.29, 0.717) is 36.4 Å². The van der Waals surface area contributed by atoms with E-state index >= 15 is 0 Å². The van der Waals surface area contributed by atoms with Crippen LogP contribution in [0.25, 0.3) is 0 Å². The van der Waals surface area contributed by atoms with Gasteiger partial charge < -0.3 is 14.8 Å². The Morgan fingerprint density at radius 2 is 1.80 bits per heavy atom. The third-order valence-electron chi connectivity index (χ3n) is 3.85. The summed E-state index contributed by atoms with van der Waals surface area (Å²) in [5, 5.41) is 0. The average Bonchev–Trinajstić information content (AvgIpc) is 3.31. The number of nitrogens with zero attached hydrogens (tertiary/aromatic N) is 2. The molecule has 2 heterocycles. The number of amides is 2. The van der Waals surface area contributed by atoms with Crippen molar-refractivity contribution in [2.75, 3.05) is 26.2 Å². The number of carbonyl (C=O) groups is 2. The fourth-order valence-electron chi connectivity index (χ4n) is 2.48. The lowest BCUT2D eigenvalue weighted by molar-refractivity contribution is -0.134. The number of aromatic nitrogens is 1. The Morgan fingerprint density at radius 3 is 2.40 bits per heavy atom. The van der Waals surface area contributed by atoms with Crippen LogP contribution >= 0.6 is 12.2 Å². The summed E-state index contributed by atoms with van der Waals surface area (Å²) in [5.41, 5.74) is 0.532. The van der Waals surface area contributed by atoms with Crippen molar-refractivity contribution in [2.45, 2.75) is 12.8 Å². The summed E-state index contributed by atoms with van der Waals surface area (Å²) in [6, 6.07) is 3.51. The minimum absolute atomic E-state index is 0.0506. The Labute approximate surface area is 122 Å². The van der Waals surface area contributed by atoms with Gasteiger partial charge in [0.25, 0.3) is 5.91 Å². The van der Waals surface area contributed by atoms with Crippen molar-refractivity contribution in [3.05, 3.63) is 28.5 Å². The molecule has 0 atom stereocenters. The number of carbonyl (C=O) groups excluding carboxylic acids is 2. The molecule has 1 aliphatic carbocycles. The zero-order valence-electron chi connectivity index (χ0n) is 11.2. The Bertz CT molecular complexity index is 586. The van der Waals surface area contributed by atoms with Crippen LogP contribution in [0.2, 0.25) is 0 Å². The molecule has 1 aromatic heterocycles. The van der Waals surface area contributed by atoms with Gasteiger partial charge in [-0.25, -0.2) is 0 Å². The molecular formula is C14H17N3O2S. The predicted molar refractivity (Wildman–Crippen MR) is 76.8 cm³/mol. The molecule has 5 nitrogen and oxygen atoms in total. The molecule has 1 saturated carbocycles. The van der Waals surface area contributed by atoms with Crippen molar-refractivity contribution in [2.24, 2.45) is 5.92 Å². The fourth-order valence-corrected chi connectivity index (χ4v) is 2.70. The number of nitrogens with one attached hydrogen (secondary N) is 1. The van der Waals surface area contributed by atoms with Crippen molar-refractivity contribution in [1.29, 1.82) is 0 Å². The molecule has 106 valence electrons. The number of rotatable bonds is 2. The van der Waals surface area contributed by atoms with Crippen LogP contribution in [0.15, 0.2) is 18.3 Å². The van der Waals surface area contributed by atoms with Gasteiger partial charge in [-0.2, -0.15) is 0 Å². The topological polar surface area (TPSA) is 56.4 Å². The molecule has 0 bridgehead atoms. The van der Waals surface area contributed by atoms with E-state index in [4.69, 9.17) is 12.2 Å². The largest absolute Gasteiger partial charge is 0.352 e. The first-order valence-electron chi connectivity index (χ1n) is 6.92. The molecule has 1 saturated heterocycles. The average molecular weight is 291 g/mol. The maximum absolute atomic E-state index is 12.4. The highest BCUT2D eigenvalue weighted by molar-refractivity contribution is 7.71. The van der Waals surface area contributed by atoms with Crippen molar-refractivity contribution < 1.29 is 9.59 Å². The lowest BCUT2D eigenvalue weighted by atomic mass is 10.2.